The number of aliphatic hydroxyl groups excluding tert-OH is 1. The van der Waals surface area contributed by atoms with E-state index in [0.29, 0.717) is 5.52 Å². The lowest BCUT2D eigenvalue weighted by molar-refractivity contribution is -0.383. The lowest BCUT2D eigenvalue weighted by Crippen LogP contribution is -2.27. The SMILES string of the molecule is O=c1[nH]cnc2cc(NCC(O)C3CCCC3)c([N+](=O)[O-])cc12. The lowest BCUT2D eigenvalue weighted by atomic mass is 10.0. The Morgan fingerprint density at radius 1 is 1.43 bits per heavy atom. The van der Waals surface area contributed by atoms with Crippen molar-refractivity contribution in [3.05, 3.63) is 38.9 Å². The van der Waals surface area contributed by atoms with E-state index >= 15 is 0 Å². The van der Waals surface area contributed by atoms with Crippen molar-refractivity contribution in [3.63, 3.8) is 0 Å². The molecule has 122 valence electrons. The molecule has 1 unspecified atom stereocenters. The third-order valence-electron chi connectivity index (χ3n) is 4.40. The largest absolute Gasteiger partial charge is 0.391 e. The van der Waals surface area contributed by atoms with E-state index < -0.39 is 16.6 Å². The maximum Gasteiger partial charge on any atom is 0.293 e. The van der Waals surface area contributed by atoms with Crippen molar-refractivity contribution in [2.45, 2.75) is 31.8 Å². The molecule has 1 aromatic carbocycles. The molecule has 1 fully saturated rings. The minimum absolute atomic E-state index is 0.168. The van der Waals surface area contributed by atoms with Crippen LogP contribution >= 0.6 is 0 Å². The zero-order valence-corrected chi connectivity index (χ0v) is 12.5. The second kappa shape index (κ2) is 6.33. The van der Waals surface area contributed by atoms with Crippen molar-refractivity contribution in [2.75, 3.05) is 11.9 Å². The number of H-pyrrole nitrogens is 1. The number of anilines is 1. The molecule has 1 heterocycles. The first-order chi connectivity index (χ1) is 11.1. The van der Waals surface area contributed by atoms with Gasteiger partial charge in [0.25, 0.3) is 11.2 Å². The Hall–Kier alpha value is -2.48. The van der Waals surface area contributed by atoms with Gasteiger partial charge in [0.2, 0.25) is 0 Å². The Kier molecular flexibility index (Phi) is 4.24. The van der Waals surface area contributed by atoms with E-state index in [0.717, 1.165) is 25.7 Å². The maximum atomic E-state index is 11.7. The van der Waals surface area contributed by atoms with E-state index in [1.165, 1.54) is 18.5 Å². The fraction of sp³-hybridized carbons (Fsp3) is 0.467. The quantitative estimate of drug-likeness (QED) is 0.571. The molecule has 2 aromatic rings. The van der Waals surface area contributed by atoms with Crippen molar-refractivity contribution in [1.82, 2.24) is 9.97 Å². The second-order valence-electron chi connectivity index (χ2n) is 5.87. The summed E-state index contributed by atoms with van der Waals surface area (Å²) in [6.45, 7) is 0.236. The van der Waals surface area contributed by atoms with Gasteiger partial charge in [-0.15, -0.1) is 0 Å². The lowest BCUT2D eigenvalue weighted by Gasteiger charge is -2.18. The van der Waals surface area contributed by atoms with E-state index in [1.807, 2.05) is 0 Å². The van der Waals surface area contributed by atoms with Crippen molar-refractivity contribution in [3.8, 4) is 0 Å². The summed E-state index contributed by atoms with van der Waals surface area (Å²) in [5, 5.41) is 24.5. The molecular formula is C15H18N4O4. The highest BCUT2D eigenvalue weighted by molar-refractivity contribution is 5.86. The molecule has 0 radical (unpaired) electrons. The fourth-order valence-corrected chi connectivity index (χ4v) is 3.12. The van der Waals surface area contributed by atoms with Gasteiger partial charge in [0.1, 0.15) is 5.69 Å². The number of nitrogens with one attached hydrogen (secondary N) is 2. The molecule has 0 bridgehead atoms. The summed E-state index contributed by atoms with van der Waals surface area (Å²) in [6, 6.07) is 2.69. The van der Waals surface area contributed by atoms with Crippen LogP contribution in [0.3, 0.4) is 0 Å². The Morgan fingerprint density at radius 3 is 2.87 bits per heavy atom. The molecule has 3 rings (SSSR count). The van der Waals surface area contributed by atoms with Gasteiger partial charge in [-0.1, -0.05) is 12.8 Å². The summed E-state index contributed by atoms with van der Waals surface area (Å²) in [5.41, 5.74) is 0.0140. The van der Waals surface area contributed by atoms with E-state index in [1.54, 1.807) is 0 Å². The van der Waals surface area contributed by atoms with Crippen LogP contribution in [0.25, 0.3) is 10.9 Å². The Labute approximate surface area is 131 Å². The van der Waals surface area contributed by atoms with Gasteiger partial charge in [0, 0.05) is 12.6 Å². The van der Waals surface area contributed by atoms with Crippen LogP contribution < -0.4 is 10.9 Å². The molecule has 0 amide bonds. The molecule has 3 N–H and O–H groups in total. The molecule has 0 saturated heterocycles. The van der Waals surface area contributed by atoms with Crippen molar-refractivity contribution in [2.24, 2.45) is 5.92 Å². The standard InChI is InChI=1S/C15H18N4O4/c20-14(9-3-1-2-4-9)7-16-12-6-11-10(5-13(12)19(22)23)15(21)18-8-17-11/h5-6,8-9,14,16,20H,1-4,7H2,(H,17,18,21). The molecule has 23 heavy (non-hydrogen) atoms. The van der Waals surface area contributed by atoms with Gasteiger partial charge in [0.15, 0.2) is 0 Å². The third-order valence-corrected chi connectivity index (χ3v) is 4.40. The summed E-state index contributed by atoms with van der Waals surface area (Å²) < 4.78 is 0. The molecule has 1 saturated carbocycles. The van der Waals surface area contributed by atoms with Crippen LogP contribution in [0.1, 0.15) is 25.7 Å². The normalized spacial score (nSPS) is 16.6. The molecule has 1 atom stereocenters. The van der Waals surface area contributed by atoms with Gasteiger partial charge >= 0.3 is 0 Å². The van der Waals surface area contributed by atoms with Crippen LogP contribution in [0, 0.1) is 16.0 Å². The van der Waals surface area contributed by atoms with Gasteiger partial charge in [-0.2, -0.15) is 0 Å². The molecule has 8 heteroatoms. The monoisotopic (exact) mass is 318 g/mol. The molecule has 0 spiro atoms. The summed E-state index contributed by atoms with van der Waals surface area (Å²) >= 11 is 0. The van der Waals surface area contributed by atoms with Gasteiger partial charge in [0.05, 0.1) is 28.3 Å². The van der Waals surface area contributed by atoms with Gasteiger partial charge in [-0.3, -0.25) is 14.9 Å². The van der Waals surface area contributed by atoms with Crippen molar-refractivity contribution >= 4 is 22.3 Å². The Balaban J connectivity index is 1.88. The van der Waals surface area contributed by atoms with E-state index in [4.69, 9.17) is 0 Å². The Morgan fingerprint density at radius 2 is 2.17 bits per heavy atom. The fourth-order valence-electron chi connectivity index (χ4n) is 3.12. The minimum atomic E-state index is -0.545. The number of nitro benzene ring substituents is 1. The highest BCUT2D eigenvalue weighted by Crippen LogP contribution is 2.30. The third kappa shape index (κ3) is 3.16. The second-order valence-corrected chi connectivity index (χ2v) is 5.87. The highest BCUT2D eigenvalue weighted by Gasteiger charge is 2.24. The average molecular weight is 318 g/mol. The summed E-state index contributed by atoms with van der Waals surface area (Å²) in [4.78, 5) is 28.9. The summed E-state index contributed by atoms with van der Waals surface area (Å²) in [7, 11) is 0. The molecule has 1 aliphatic rings. The van der Waals surface area contributed by atoms with E-state index in [9.17, 15) is 20.0 Å². The number of nitrogens with zero attached hydrogens (tertiary/aromatic N) is 2. The van der Waals surface area contributed by atoms with E-state index in [2.05, 4.69) is 15.3 Å². The molecule has 8 nitrogen and oxygen atoms in total. The first-order valence-corrected chi connectivity index (χ1v) is 7.64. The van der Waals surface area contributed by atoms with Crippen LogP contribution in [0.5, 0.6) is 0 Å². The topological polar surface area (TPSA) is 121 Å². The predicted octanol–water partition coefficient (Wildman–Crippen LogP) is 1.79. The molecular weight excluding hydrogens is 300 g/mol. The first-order valence-electron chi connectivity index (χ1n) is 7.64. The highest BCUT2D eigenvalue weighted by atomic mass is 16.6. The predicted molar refractivity (Wildman–Crippen MR) is 85.5 cm³/mol. The van der Waals surface area contributed by atoms with Crippen molar-refractivity contribution < 1.29 is 10.0 Å². The number of hydrogen-bond donors (Lipinski definition) is 3. The van der Waals surface area contributed by atoms with Crippen LogP contribution in [0.4, 0.5) is 11.4 Å². The number of benzene rings is 1. The summed E-state index contributed by atoms with van der Waals surface area (Å²) in [5.74, 6) is 0.239. The zero-order chi connectivity index (χ0) is 16.4. The smallest absolute Gasteiger partial charge is 0.293 e. The van der Waals surface area contributed by atoms with Gasteiger partial charge in [-0.05, 0) is 24.8 Å². The minimum Gasteiger partial charge on any atom is -0.391 e. The van der Waals surface area contributed by atoms with Crippen LogP contribution in [0.2, 0.25) is 0 Å². The van der Waals surface area contributed by atoms with E-state index in [-0.39, 0.29) is 29.2 Å². The zero-order valence-electron chi connectivity index (χ0n) is 12.5. The number of rotatable bonds is 5. The molecule has 0 aliphatic heterocycles. The number of fused-ring (bicyclic) bond motifs is 1. The number of aromatic amines is 1. The van der Waals surface area contributed by atoms with Crippen LogP contribution in [0.15, 0.2) is 23.3 Å². The van der Waals surface area contributed by atoms with Gasteiger partial charge < -0.3 is 15.4 Å². The molecule has 1 aromatic heterocycles. The first kappa shape index (κ1) is 15.4. The number of aromatic nitrogens is 2. The average Bonchev–Trinajstić information content (AvgIpc) is 3.06. The molecule has 1 aliphatic carbocycles. The Bertz CT molecular complexity index is 783. The van der Waals surface area contributed by atoms with Gasteiger partial charge in [-0.25, -0.2) is 4.98 Å². The van der Waals surface area contributed by atoms with Crippen LogP contribution in [-0.2, 0) is 0 Å². The number of nitro groups is 1. The number of aliphatic hydroxyl groups is 1. The van der Waals surface area contributed by atoms with Crippen molar-refractivity contribution in [1.29, 1.82) is 0 Å². The summed E-state index contributed by atoms with van der Waals surface area (Å²) in [6.07, 6.45) is 4.92. The van der Waals surface area contributed by atoms with Crippen LogP contribution in [-0.4, -0.2) is 32.6 Å². The number of hydrogen-bond acceptors (Lipinski definition) is 6. The maximum absolute atomic E-state index is 11.7.